The Morgan fingerprint density at radius 1 is 0.946 bits per heavy atom. The van der Waals surface area contributed by atoms with E-state index in [0.717, 1.165) is 37.3 Å². The summed E-state index contributed by atoms with van der Waals surface area (Å²) in [7, 11) is 2.08. The van der Waals surface area contributed by atoms with Gasteiger partial charge in [-0.2, -0.15) is 0 Å². The summed E-state index contributed by atoms with van der Waals surface area (Å²) in [5.41, 5.74) is 2.16. The van der Waals surface area contributed by atoms with Crippen LogP contribution in [0.25, 0.3) is 16.6 Å². The third-order valence-corrected chi connectivity index (χ3v) is 7.80. The fraction of sp³-hybridized carbons (Fsp3) is 0.393. The molecule has 192 valence electrons. The first-order chi connectivity index (χ1) is 17.9. The second-order valence-electron chi connectivity index (χ2n) is 10.2. The first-order valence-electron chi connectivity index (χ1n) is 12.9. The summed E-state index contributed by atoms with van der Waals surface area (Å²) in [5, 5.41) is 3.55. The SMILES string of the molecule is CC(=O)N1CCN(c2ccc3c(=O)c(C(=O)NC4CCN(C)CC4)cn4c3c2Oc2ccccc2-4)CC1. The van der Waals surface area contributed by atoms with E-state index in [1.807, 2.05) is 39.8 Å². The van der Waals surface area contributed by atoms with E-state index in [9.17, 15) is 14.4 Å². The van der Waals surface area contributed by atoms with Crippen molar-refractivity contribution in [1.29, 1.82) is 0 Å². The van der Waals surface area contributed by atoms with E-state index in [1.165, 1.54) is 0 Å². The van der Waals surface area contributed by atoms with Crippen molar-refractivity contribution in [2.24, 2.45) is 0 Å². The van der Waals surface area contributed by atoms with E-state index in [1.54, 1.807) is 19.2 Å². The first kappa shape index (κ1) is 23.5. The molecule has 0 bridgehead atoms. The summed E-state index contributed by atoms with van der Waals surface area (Å²) in [5.74, 6) is 1.01. The molecular weight excluding hydrogens is 470 g/mol. The van der Waals surface area contributed by atoms with Gasteiger partial charge < -0.3 is 29.3 Å². The van der Waals surface area contributed by atoms with Gasteiger partial charge in [-0.1, -0.05) is 12.1 Å². The van der Waals surface area contributed by atoms with Gasteiger partial charge in [0.05, 0.1) is 16.8 Å². The molecule has 0 aliphatic carbocycles. The Labute approximate surface area is 215 Å². The summed E-state index contributed by atoms with van der Waals surface area (Å²) in [4.78, 5) is 45.0. The number of nitrogens with one attached hydrogen (secondary N) is 1. The van der Waals surface area contributed by atoms with Gasteiger partial charge in [0.1, 0.15) is 11.1 Å². The molecule has 3 aliphatic heterocycles. The van der Waals surface area contributed by atoms with E-state index in [2.05, 4.69) is 22.2 Å². The van der Waals surface area contributed by atoms with Crippen LogP contribution in [-0.2, 0) is 4.79 Å². The first-order valence-corrected chi connectivity index (χ1v) is 12.9. The number of likely N-dealkylation sites (tertiary alicyclic amines) is 1. The minimum Gasteiger partial charge on any atom is -0.451 e. The largest absolute Gasteiger partial charge is 0.451 e. The number of amides is 2. The fourth-order valence-electron chi connectivity index (χ4n) is 5.61. The van der Waals surface area contributed by atoms with Gasteiger partial charge >= 0.3 is 0 Å². The number of fused-ring (bicyclic) bond motifs is 2. The number of carbonyl (C=O) groups is 2. The monoisotopic (exact) mass is 501 g/mol. The number of carbonyl (C=O) groups excluding carboxylic acids is 2. The van der Waals surface area contributed by atoms with Crippen LogP contribution in [0.3, 0.4) is 0 Å². The number of aromatic nitrogens is 1. The zero-order valence-electron chi connectivity index (χ0n) is 21.2. The lowest BCUT2D eigenvalue weighted by Gasteiger charge is -2.37. The molecule has 0 atom stereocenters. The van der Waals surface area contributed by atoms with Crippen LogP contribution in [0.5, 0.6) is 11.5 Å². The Morgan fingerprint density at radius 3 is 2.41 bits per heavy atom. The van der Waals surface area contributed by atoms with Crippen molar-refractivity contribution in [2.45, 2.75) is 25.8 Å². The molecule has 1 N–H and O–H groups in total. The van der Waals surface area contributed by atoms with E-state index in [0.29, 0.717) is 48.6 Å². The third-order valence-electron chi connectivity index (χ3n) is 7.80. The molecule has 3 aromatic rings. The maximum Gasteiger partial charge on any atom is 0.257 e. The molecule has 9 heteroatoms. The molecule has 2 saturated heterocycles. The van der Waals surface area contributed by atoms with E-state index in [4.69, 9.17) is 4.74 Å². The molecule has 2 fully saturated rings. The van der Waals surface area contributed by atoms with Gasteiger partial charge in [0, 0.05) is 45.3 Å². The molecule has 0 spiro atoms. The number of rotatable bonds is 3. The highest BCUT2D eigenvalue weighted by molar-refractivity contribution is 6.01. The Bertz CT molecular complexity index is 1450. The maximum atomic E-state index is 13.6. The zero-order valence-corrected chi connectivity index (χ0v) is 21.2. The van der Waals surface area contributed by atoms with Gasteiger partial charge in [0.2, 0.25) is 11.3 Å². The molecule has 2 aromatic carbocycles. The number of hydrogen-bond acceptors (Lipinski definition) is 6. The topological polar surface area (TPSA) is 87.1 Å². The van der Waals surface area contributed by atoms with Crippen molar-refractivity contribution in [3.8, 4) is 17.2 Å². The van der Waals surface area contributed by atoms with Crippen molar-refractivity contribution in [2.75, 3.05) is 51.2 Å². The lowest BCUT2D eigenvalue weighted by molar-refractivity contribution is -0.129. The lowest BCUT2D eigenvalue weighted by Crippen LogP contribution is -2.48. The van der Waals surface area contributed by atoms with Gasteiger partial charge in [-0.05, 0) is 57.2 Å². The Kier molecular flexibility index (Phi) is 5.87. The number of nitrogens with zero attached hydrogens (tertiary/aromatic N) is 4. The van der Waals surface area contributed by atoms with Gasteiger partial charge in [-0.3, -0.25) is 14.4 Å². The molecule has 0 radical (unpaired) electrons. The fourth-order valence-corrected chi connectivity index (χ4v) is 5.61. The molecular formula is C28H31N5O4. The zero-order chi connectivity index (χ0) is 25.7. The molecule has 37 heavy (non-hydrogen) atoms. The highest BCUT2D eigenvalue weighted by atomic mass is 16.5. The second-order valence-corrected chi connectivity index (χ2v) is 10.2. The number of anilines is 1. The second kappa shape index (κ2) is 9.23. The minimum absolute atomic E-state index is 0.0578. The average Bonchev–Trinajstić information content (AvgIpc) is 2.91. The third kappa shape index (κ3) is 4.13. The van der Waals surface area contributed by atoms with Crippen LogP contribution < -0.4 is 20.4 Å². The van der Waals surface area contributed by atoms with Crippen LogP contribution >= 0.6 is 0 Å². The van der Waals surface area contributed by atoms with Crippen LogP contribution in [0, 0.1) is 0 Å². The lowest BCUT2D eigenvalue weighted by atomic mass is 10.0. The Morgan fingerprint density at radius 2 is 1.68 bits per heavy atom. The van der Waals surface area contributed by atoms with Gasteiger partial charge in [-0.25, -0.2) is 0 Å². The number of hydrogen-bond donors (Lipinski definition) is 1. The summed E-state index contributed by atoms with van der Waals surface area (Å²) in [6.07, 6.45) is 3.40. The number of ether oxygens (including phenoxy) is 1. The summed E-state index contributed by atoms with van der Waals surface area (Å²) in [6, 6.07) is 11.4. The molecule has 6 rings (SSSR count). The smallest absolute Gasteiger partial charge is 0.257 e. The molecule has 4 heterocycles. The van der Waals surface area contributed by atoms with Crippen molar-refractivity contribution in [3.05, 3.63) is 58.4 Å². The molecule has 2 amide bonds. The maximum absolute atomic E-state index is 13.6. The highest BCUT2D eigenvalue weighted by Gasteiger charge is 2.30. The van der Waals surface area contributed by atoms with Crippen LogP contribution in [0.1, 0.15) is 30.1 Å². The minimum atomic E-state index is -0.333. The predicted molar refractivity (Wildman–Crippen MR) is 142 cm³/mol. The molecule has 0 saturated carbocycles. The number of benzene rings is 2. The quantitative estimate of drug-likeness (QED) is 0.465. The van der Waals surface area contributed by atoms with E-state index < -0.39 is 0 Å². The normalized spacial score (nSPS) is 17.9. The number of piperazine rings is 1. The number of pyridine rings is 1. The van der Waals surface area contributed by atoms with Crippen molar-refractivity contribution in [3.63, 3.8) is 0 Å². The summed E-state index contributed by atoms with van der Waals surface area (Å²) >= 11 is 0. The van der Waals surface area contributed by atoms with Crippen LogP contribution in [0.2, 0.25) is 0 Å². The van der Waals surface area contributed by atoms with Gasteiger partial charge in [0.25, 0.3) is 5.91 Å². The highest BCUT2D eigenvalue weighted by Crippen LogP contribution is 2.45. The molecule has 0 unspecified atom stereocenters. The predicted octanol–water partition coefficient (Wildman–Crippen LogP) is 2.59. The van der Waals surface area contributed by atoms with E-state index in [-0.39, 0.29) is 28.8 Å². The van der Waals surface area contributed by atoms with E-state index >= 15 is 0 Å². The van der Waals surface area contributed by atoms with Crippen molar-refractivity contribution in [1.82, 2.24) is 19.7 Å². The summed E-state index contributed by atoms with van der Waals surface area (Å²) in [6.45, 7) is 6.04. The Hall–Kier alpha value is -3.85. The van der Waals surface area contributed by atoms with Crippen LogP contribution in [0.15, 0.2) is 47.4 Å². The van der Waals surface area contributed by atoms with Gasteiger partial charge in [-0.15, -0.1) is 0 Å². The molecule has 3 aliphatic rings. The van der Waals surface area contributed by atoms with Crippen molar-refractivity contribution >= 4 is 28.4 Å². The van der Waals surface area contributed by atoms with Crippen LogP contribution in [-0.4, -0.2) is 78.5 Å². The average molecular weight is 502 g/mol. The standard InChI is InChI=1S/C28H31N5O4/c1-18(34)31-13-15-32(16-14-31)23-8-7-20-25-27(23)37-24-6-4-3-5-22(24)33(25)17-21(26(20)35)28(36)29-19-9-11-30(2)12-10-19/h3-8,17,19H,9-16H2,1-2H3,(H,29,36). The number of para-hydroxylation sites is 2. The van der Waals surface area contributed by atoms with Crippen LogP contribution in [0.4, 0.5) is 5.69 Å². The number of piperidine rings is 1. The van der Waals surface area contributed by atoms with Gasteiger partial charge in [0.15, 0.2) is 11.5 Å². The Balaban J connectivity index is 1.43. The summed E-state index contributed by atoms with van der Waals surface area (Å²) < 4.78 is 8.33. The molecule has 1 aromatic heterocycles. The van der Waals surface area contributed by atoms with Crippen molar-refractivity contribution < 1.29 is 14.3 Å². The molecule has 9 nitrogen and oxygen atoms in total.